The van der Waals surface area contributed by atoms with Gasteiger partial charge in [-0.1, -0.05) is 13.3 Å². The molecule has 18 heavy (non-hydrogen) atoms. The van der Waals surface area contributed by atoms with Gasteiger partial charge >= 0.3 is 11.9 Å². The van der Waals surface area contributed by atoms with Crippen LogP contribution in [0.4, 0.5) is 0 Å². The molecule has 0 bridgehead atoms. The first-order chi connectivity index (χ1) is 8.63. The maximum absolute atomic E-state index is 11.2. The number of carbonyl (C=O) groups is 3. The standard InChI is InChI=1S/C11H14O7/c1-2-3-4-15-6-8(12)5-10(13)17-18-11(14)9-7-16-9/h7H,2-6H2,1H3. The predicted octanol–water partition coefficient (Wildman–Crippen LogP) is 0.635. The molecule has 0 aliphatic carbocycles. The third-order valence-electron chi connectivity index (χ3n) is 1.89. The summed E-state index contributed by atoms with van der Waals surface area (Å²) >= 11 is 0. The lowest BCUT2D eigenvalue weighted by Crippen LogP contribution is -2.18. The molecular formula is C11H14O7. The molecule has 1 aliphatic heterocycles. The van der Waals surface area contributed by atoms with E-state index in [9.17, 15) is 14.4 Å². The highest BCUT2D eigenvalue weighted by molar-refractivity contribution is 5.96. The number of Topliss-reactive ketones (excluding diaryl/α,β-unsaturated/α-hetero) is 1. The van der Waals surface area contributed by atoms with E-state index >= 15 is 0 Å². The maximum Gasteiger partial charge on any atom is 0.424 e. The van der Waals surface area contributed by atoms with Gasteiger partial charge in [0.15, 0.2) is 5.78 Å². The molecule has 0 aromatic carbocycles. The molecule has 0 aromatic rings. The van der Waals surface area contributed by atoms with Crippen LogP contribution in [0.1, 0.15) is 26.2 Å². The molecule has 1 heterocycles. The van der Waals surface area contributed by atoms with Crippen LogP contribution in [0, 0.1) is 0 Å². The number of hydrogen-bond donors (Lipinski definition) is 0. The molecule has 0 fully saturated rings. The number of unbranched alkanes of at least 4 members (excludes halogenated alkanes) is 1. The molecule has 7 nitrogen and oxygen atoms in total. The third kappa shape index (κ3) is 6.00. The first-order valence-corrected chi connectivity index (χ1v) is 5.51. The lowest BCUT2D eigenvalue weighted by Gasteiger charge is -2.02. The van der Waals surface area contributed by atoms with Crippen LogP contribution in [0.5, 0.6) is 0 Å². The van der Waals surface area contributed by atoms with Crippen molar-refractivity contribution in [3.63, 3.8) is 0 Å². The zero-order valence-electron chi connectivity index (χ0n) is 9.97. The highest BCUT2D eigenvalue weighted by Gasteiger charge is 2.25. The Bertz CT molecular complexity index is 358. The Balaban J connectivity index is 2.05. The van der Waals surface area contributed by atoms with Crippen molar-refractivity contribution in [2.75, 3.05) is 13.2 Å². The molecule has 1 rings (SSSR count). The highest BCUT2D eigenvalue weighted by Crippen LogP contribution is 2.14. The van der Waals surface area contributed by atoms with Crippen LogP contribution in [-0.4, -0.2) is 30.9 Å². The average molecular weight is 258 g/mol. The fourth-order valence-electron chi connectivity index (χ4n) is 0.925. The number of ketones is 1. The van der Waals surface area contributed by atoms with Gasteiger partial charge in [0.1, 0.15) is 19.3 Å². The number of hydrogen-bond acceptors (Lipinski definition) is 7. The Kier molecular flexibility index (Phi) is 5.86. The van der Waals surface area contributed by atoms with Gasteiger partial charge in [-0.2, -0.15) is 0 Å². The lowest BCUT2D eigenvalue weighted by atomic mass is 10.3. The van der Waals surface area contributed by atoms with E-state index in [1.807, 2.05) is 6.92 Å². The molecule has 0 amide bonds. The minimum atomic E-state index is -0.950. The minimum Gasteiger partial charge on any atom is -0.450 e. The Morgan fingerprint density at radius 1 is 1.28 bits per heavy atom. The van der Waals surface area contributed by atoms with Crippen molar-refractivity contribution in [1.29, 1.82) is 0 Å². The number of carbonyl (C=O) groups excluding carboxylic acids is 3. The Labute approximate surface area is 104 Å². The molecule has 1 aliphatic rings. The largest absolute Gasteiger partial charge is 0.450 e. The summed E-state index contributed by atoms with van der Waals surface area (Å²) < 4.78 is 9.41. The normalized spacial score (nSPS) is 12.2. The van der Waals surface area contributed by atoms with Gasteiger partial charge < -0.3 is 9.47 Å². The third-order valence-corrected chi connectivity index (χ3v) is 1.89. The van der Waals surface area contributed by atoms with E-state index < -0.39 is 24.1 Å². The van der Waals surface area contributed by atoms with Gasteiger partial charge in [-0.25, -0.2) is 19.4 Å². The topological polar surface area (TPSA) is 91.4 Å². The second-order valence-electron chi connectivity index (χ2n) is 3.55. The molecule has 7 heteroatoms. The van der Waals surface area contributed by atoms with Gasteiger partial charge in [-0.3, -0.25) is 4.79 Å². The molecule has 100 valence electrons. The molecule has 0 aromatic heterocycles. The van der Waals surface area contributed by atoms with Crippen molar-refractivity contribution in [3.8, 4) is 0 Å². The van der Waals surface area contributed by atoms with Crippen molar-refractivity contribution >= 4 is 17.7 Å². The van der Waals surface area contributed by atoms with Gasteiger partial charge in [0.05, 0.1) is 0 Å². The van der Waals surface area contributed by atoms with Gasteiger partial charge in [0, 0.05) is 6.61 Å². The minimum absolute atomic E-state index is 0.0305. The average Bonchev–Trinajstić information content (AvgIpc) is 3.16. The highest BCUT2D eigenvalue weighted by atomic mass is 17.2. The smallest absolute Gasteiger partial charge is 0.424 e. The molecule has 0 radical (unpaired) electrons. The predicted molar refractivity (Wildman–Crippen MR) is 56.7 cm³/mol. The fourth-order valence-corrected chi connectivity index (χ4v) is 0.925. The second kappa shape index (κ2) is 7.44. The summed E-state index contributed by atoms with van der Waals surface area (Å²) in [6.07, 6.45) is 2.46. The summed E-state index contributed by atoms with van der Waals surface area (Å²) in [5, 5.41) is 0. The van der Waals surface area contributed by atoms with E-state index in [4.69, 9.17) is 4.74 Å². The van der Waals surface area contributed by atoms with Gasteiger partial charge in [0.2, 0.25) is 0 Å². The summed E-state index contributed by atoms with van der Waals surface area (Å²) in [5.74, 6) is -2.32. The monoisotopic (exact) mass is 258 g/mol. The van der Waals surface area contributed by atoms with Crippen LogP contribution in [0.15, 0.2) is 12.0 Å². The van der Waals surface area contributed by atoms with E-state index in [2.05, 4.69) is 14.5 Å². The molecule has 0 N–H and O–H groups in total. The Morgan fingerprint density at radius 3 is 2.61 bits per heavy atom. The summed E-state index contributed by atoms with van der Waals surface area (Å²) in [6.45, 7) is 2.31. The van der Waals surface area contributed by atoms with Crippen molar-refractivity contribution in [1.82, 2.24) is 0 Å². The summed E-state index contributed by atoms with van der Waals surface area (Å²) in [5.41, 5.74) is 0. The molecule has 0 atom stereocenters. The van der Waals surface area contributed by atoms with Gasteiger partial charge in [-0.05, 0) is 6.42 Å². The van der Waals surface area contributed by atoms with Crippen molar-refractivity contribution in [3.05, 3.63) is 12.0 Å². The van der Waals surface area contributed by atoms with Crippen molar-refractivity contribution < 1.29 is 33.6 Å². The summed E-state index contributed by atoms with van der Waals surface area (Å²) in [4.78, 5) is 41.3. The van der Waals surface area contributed by atoms with E-state index in [0.717, 1.165) is 19.1 Å². The number of rotatable bonds is 8. The van der Waals surface area contributed by atoms with Crippen LogP contribution in [0.3, 0.4) is 0 Å². The van der Waals surface area contributed by atoms with Crippen molar-refractivity contribution in [2.45, 2.75) is 26.2 Å². The van der Waals surface area contributed by atoms with E-state index in [0.29, 0.717) is 6.61 Å². The van der Waals surface area contributed by atoms with E-state index in [1.54, 1.807) is 0 Å². The second-order valence-corrected chi connectivity index (χ2v) is 3.55. The summed E-state index contributed by atoms with van der Waals surface area (Å²) in [6, 6.07) is 0. The van der Waals surface area contributed by atoms with E-state index in [1.165, 1.54) is 0 Å². The van der Waals surface area contributed by atoms with E-state index in [-0.39, 0.29) is 12.4 Å². The first-order valence-electron chi connectivity index (χ1n) is 5.51. The molecule has 0 spiro atoms. The quantitative estimate of drug-likeness (QED) is 0.273. The van der Waals surface area contributed by atoms with Crippen LogP contribution < -0.4 is 0 Å². The lowest BCUT2D eigenvalue weighted by molar-refractivity contribution is -0.256. The first kappa shape index (κ1) is 14.2. The zero-order valence-corrected chi connectivity index (χ0v) is 9.97. The van der Waals surface area contributed by atoms with Gasteiger partial charge in [-0.15, -0.1) is 0 Å². The van der Waals surface area contributed by atoms with Gasteiger partial charge in [0.25, 0.3) is 5.76 Å². The molecule has 0 unspecified atom stereocenters. The van der Waals surface area contributed by atoms with Crippen LogP contribution in [0.25, 0.3) is 0 Å². The molecule has 0 saturated carbocycles. The molecule has 0 saturated heterocycles. The number of ether oxygens (including phenoxy) is 2. The maximum atomic E-state index is 11.2. The van der Waals surface area contributed by atoms with Crippen molar-refractivity contribution in [2.24, 2.45) is 0 Å². The molecular weight excluding hydrogens is 244 g/mol. The Hall–Kier alpha value is -1.89. The van der Waals surface area contributed by atoms with Crippen LogP contribution in [0.2, 0.25) is 0 Å². The fraction of sp³-hybridized carbons (Fsp3) is 0.545. The van der Waals surface area contributed by atoms with Crippen LogP contribution >= 0.6 is 0 Å². The summed E-state index contributed by atoms with van der Waals surface area (Å²) in [7, 11) is 0. The Morgan fingerprint density at radius 2 is 2.00 bits per heavy atom. The zero-order chi connectivity index (χ0) is 13.4. The SMILES string of the molecule is CCCCOCC(=O)CC(=O)OOC(=O)C1=CO1. The van der Waals surface area contributed by atoms with Crippen LogP contribution in [-0.2, 0) is 33.6 Å².